The van der Waals surface area contributed by atoms with Crippen LogP contribution in [0.4, 0.5) is 26.3 Å². The van der Waals surface area contributed by atoms with Crippen molar-refractivity contribution in [3.8, 4) is 0 Å². The minimum Gasteiger partial charge on any atom is -0.342 e. The topological polar surface area (TPSA) is 77.0 Å². The molecule has 1 fully saturated rings. The highest BCUT2D eigenvalue weighted by molar-refractivity contribution is 5.77. The first-order valence-corrected chi connectivity index (χ1v) is 10.2. The molecule has 1 aromatic heterocycles. The molecular formula is C20H21F6N5O. The summed E-state index contributed by atoms with van der Waals surface area (Å²) < 4.78 is 81.3. The highest BCUT2D eigenvalue weighted by atomic mass is 19.4. The molecule has 12 heteroatoms. The van der Waals surface area contributed by atoms with Crippen LogP contribution in [-0.2, 0) is 23.8 Å². The van der Waals surface area contributed by atoms with E-state index in [-0.39, 0.29) is 43.3 Å². The zero-order valence-corrected chi connectivity index (χ0v) is 16.9. The van der Waals surface area contributed by atoms with Gasteiger partial charge in [0, 0.05) is 44.1 Å². The number of amides is 1. The zero-order chi connectivity index (χ0) is 23.2. The number of hydrogen-bond acceptors (Lipinski definition) is 4. The Kier molecular flexibility index (Phi) is 5.91. The molecule has 32 heavy (non-hydrogen) atoms. The lowest BCUT2D eigenvalue weighted by molar-refractivity contribution is -0.150. The van der Waals surface area contributed by atoms with Gasteiger partial charge >= 0.3 is 6.18 Å². The Morgan fingerprint density at radius 3 is 2.56 bits per heavy atom. The van der Waals surface area contributed by atoms with E-state index in [9.17, 15) is 31.1 Å². The van der Waals surface area contributed by atoms with Gasteiger partial charge in [-0.2, -0.15) is 13.2 Å². The maximum absolute atomic E-state index is 13.8. The number of hydrogen-bond donors (Lipinski definition) is 1. The van der Waals surface area contributed by atoms with Gasteiger partial charge in [0.15, 0.2) is 11.6 Å². The molecule has 0 saturated carbocycles. The average molecular weight is 461 g/mol. The minimum absolute atomic E-state index is 0.130. The monoisotopic (exact) mass is 461 g/mol. The molecule has 0 aliphatic carbocycles. The fourth-order valence-corrected chi connectivity index (χ4v) is 4.65. The fourth-order valence-electron chi connectivity index (χ4n) is 4.65. The largest absolute Gasteiger partial charge is 0.451 e. The van der Waals surface area contributed by atoms with Gasteiger partial charge in [0.2, 0.25) is 11.7 Å². The molecule has 0 radical (unpaired) electrons. The summed E-state index contributed by atoms with van der Waals surface area (Å²) in [6.45, 7) is 0.506. The lowest BCUT2D eigenvalue weighted by Crippen LogP contribution is -2.48. The number of likely N-dealkylation sites (tertiary alicyclic amines) is 1. The van der Waals surface area contributed by atoms with E-state index in [2.05, 4.69) is 10.2 Å². The number of alkyl halides is 3. The van der Waals surface area contributed by atoms with Crippen molar-refractivity contribution in [3.63, 3.8) is 0 Å². The van der Waals surface area contributed by atoms with Gasteiger partial charge in [-0.05, 0) is 36.8 Å². The van der Waals surface area contributed by atoms with Gasteiger partial charge in [0.05, 0.1) is 0 Å². The number of piperidine rings is 1. The number of halogens is 6. The Balaban J connectivity index is 1.39. The summed E-state index contributed by atoms with van der Waals surface area (Å²) in [5.74, 6) is -4.67. The van der Waals surface area contributed by atoms with Crippen LogP contribution in [0.1, 0.15) is 42.5 Å². The summed E-state index contributed by atoms with van der Waals surface area (Å²) in [7, 11) is 0. The van der Waals surface area contributed by atoms with Crippen molar-refractivity contribution in [2.45, 2.75) is 50.4 Å². The average Bonchev–Trinajstić information content (AvgIpc) is 3.16. The van der Waals surface area contributed by atoms with Crippen molar-refractivity contribution in [1.29, 1.82) is 0 Å². The molecule has 1 amide bonds. The van der Waals surface area contributed by atoms with Crippen molar-refractivity contribution < 1.29 is 31.1 Å². The first kappa shape index (κ1) is 22.6. The molecule has 2 N–H and O–H groups in total. The standard InChI is InChI=1S/C20H21F6N5O/c21-13-8-15(23)14(22)6-11(13)5-12(27)7-18(32)30-4-3-16-10(9-30)1-2-17-28-29-19(31(16)17)20(24,25)26/h6,8,10,12,16H,1-5,7,9,27H2/t10-,12-,16-/m1/s1. The van der Waals surface area contributed by atoms with Crippen molar-refractivity contribution in [2.75, 3.05) is 13.1 Å². The smallest absolute Gasteiger partial charge is 0.342 e. The second kappa shape index (κ2) is 8.38. The molecule has 174 valence electrons. The van der Waals surface area contributed by atoms with Crippen LogP contribution in [0, 0.1) is 23.4 Å². The van der Waals surface area contributed by atoms with Crippen LogP contribution in [0.3, 0.4) is 0 Å². The molecule has 2 aromatic rings. The number of aryl methyl sites for hydroxylation is 1. The third-order valence-corrected chi connectivity index (χ3v) is 6.15. The zero-order valence-electron chi connectivity index (χ0n) is 16.9. The number of aromatic nitrogens is 3. The second-order valence-electron chi connectivity index (χ2n) is 8.33. The van der Waals surface area contributed by atoms with Crippen molar-refractivity contribution in [1.82, 2.24) is 19.7 Å². The van der Waals surface area contributed by atoms with E-state index in [1.165, 1.54) is 0 Å². The summed E-state index contributed by atoms with van der Waals surface area (Å²) in [6.07, 6.45) is -3.69. The summed E-state index contributed by atoms with van der Waals surface area (Å²) in [6, 6.07) is -0.120. The Morgan fingerprint density at radius 2 is 1.84 bits per heavy atom. The molecule has 0 unspecified atom stereocenters. The van der Waals surface area contributed by atoms with Crippen LogP contribution in [0.5, 0.6) is 0 Å². The van der Waals surface area contributed by atoms with Crippen LogP contribution in [0.15, 0.2) is 12.1 Å². The SMILES string of the molecule is N[C@@H](CC(=O)N1CC[C@@H]2[C@H](CCc3nnc(C(F)(F)F)n32)C1)Cc1cc(F)c(F)cc1F. The third kappa shape index (κ3) is 4.32. The summed E-state index contributed by atoms with van der Waals surface area (Å²) in [4.78, 5) is 14.3. The van der Waals surface area contributed by atoms with Gasteiger partial charge in [-0.25, -0.2) is 13.2 Å². The lowest BCUT2D eigenvalue weighted by Gasteiger charge is -2.42. The maximum Gasteiger partial charge on any atom is 0.451 e. The summed E-state index contributed by atoms with van der Waals surface area (Å²) in [5, 5.41) is 7.00. The Morgan fingerprint density at radius 1 is 1.12 bits per heavy atom. The third-order valence-electron chi connectivity index (χ3n) is 6.15. The molecule has 4 rings (SSSR count). The van der Waals surface area contributed by atoms with E-state index in [1.54, 1.807) is 4.90 Å². The molecule has 6 nitrogen and oxygen atoms in total. The Hall–Kier alpha value is -2.63. The van der Waals surface area contributed by atoms with Crippen LogP contribution < -0.4 is 5.73 Å². The second-order valence-corrected chi connectivity index (χ2v) is 8.33. The Bertz CT molecular complexity index is 1020. The Labute approximate surface area is 179 Å². The van der Waals surface area contributed by atoms with E-state index in [0.29, 0.717) is 31.2 Å². The quantitative estimate of drug-likeness (QED) is 0.561. The van der Waals surface area contributed by atoms with Gasteiger partial charge in [-0.3, -0.25) is 4.79 Å². The predicted octanol–water partition coefficient (Wildman–Crippen LogP) is 3.01. The number of benzene rings is 1. The van der Waals surface area contributed by atoms with Crippen LogP contribution >= 0.6 is 0 Å². The molecule has 0 bridgehead atoms. The van der Waals surface area contributed by atoms with E-state index in [1.807, 2.05) is 0 Å². The van der Waals surface area contributed by atoms with Crippen molar-refractivity contribution in [3.05, 3.63) is 46.8 Å². The van der Waals surface area contributed by atoms with Gasteiger partial charge in [0.25, 0.3) is 0 Å². The van der Waals surface area contributed by atoms with Crippen molar-refractivity contribution in [2.24, 2.45) is 11.7 Å². The number of carbonyl (C=O) groups is 1. The molecular weight excluding hydrogens is 440 g/mol. The number of fused-ring (bicyclic) bond motifs is 3. The molecule has 1 saturated heterocycles. The van der Waals surface area contributed by atoms with Crippen molar-refractivity contribution >= 4 is 5.91 Å². The summed E-state index contributed by atoms with van der Waals surface area (Å²) in [5.41, 5.74) is 5.81. The number of nitrogens with two attached hydrogens (primary N) is 1. The minimum atomic E-state index is -4.61. The molecule has 2 aliphatic heterocycles. The van der Waals surface area contributed by atoms with Gasteiger partial charge < -0.3 is 15.2 Å². The van der Waals surface area contributed by atoms with Crippen LogP contribution in [-0.4, -0.2) is 44.7 Å². The number of carbonyl (C=O) groups excluding carboxylic acids is 1. The number of rotatable bonds is 4. The van der Waals surface area contributed by atoms with Crippen LogP contribution in [0.25, 0.3) is 0 Å². The van der Waals surface area contributed by atoms with E-state index >= 15 is 0 Å². The molecule has 2 aliphatic rings. The predicted molar refractivity (Wildman–Crippen MR) is 99.7 cm³/mol. The maximum atomic E-state index is 13.8. The normalized spacial score (nSPS) is 21.8. The highest BCUT2D eigenvalue weighted by Gasteiger charge is 2.45. The van der Waals surface area contributed by atoms with Gasteiger partial charge in [0.1, 0.15) is 11.6 Å². The van der Waals surface area contributed by atoms with Crippen LogP contribution in [0.2, 0.25) is 0 Å². The molecule has 0 spiro atoms. The molecule has 3 atom stereocenters. The molecule has 3 heterocycles. The van der Waals surface area contributed by atoms with E-state index in [4.69, 9.17) is 5.73 Å². The van der Waals surface area contributed by atoms with Gasteiger partial charge in [-0.15, -0.1) is 10.2 Å². The number of nitrogens with zero attached hydrogens (tertiary/aromatic N) is 4. The lowest BCUT2D eigenvalue weighted by atomic mass is 9.84. The highest BCUT2D eigenvalue weighted by Crippen LogP contribution is 2.40. The van der Waals surface area contributed by atoms with E-state index in [0.717, 1.165) is 10.6 Å². The fraction of sp³-hybridized carbons (Fsp3) is 0.550. The first-order valence-electron chi connectivity index (χ1n) is 10.2. The van der Waals surface area contributed by atoms with E-state index < -0.39 is 41.5 Å². The molecule has 1 aromatic carbocycles. The summed E-state index contributed by atoms with van der Waals surface area (Å²) >= 11 is 0. The first-order chi connectivity index (χ1) is 15.0. The van der Waals surface area contributed by atoms with Gasteiger partial charge in [-0.1, -0.05) is 0 Å².